The predicted molar refractivity (Wildman–Crippen MR) is 132 cm³/mol. The largest absolute Gasteiger partial charge is 0.324 e. The highest BCUT2D eigenvalue weighted by Crippen LogP contribution is 2.25. The van der Waals surface area contributed by atoms with Crippen LogP contribution in [0.1, 0.15) is 24.1 Å². The number of amides is 1. The molecule has 0 aromatic heterocycles. The molecule has 1 atom stereocenters. The molecule has 0 bridgehead atoms. The highest BCUT2D eigenvalue weighted by Gasteiger charge is 2.32. The molecule has 0 radical (unpaired) electrons. The van der Waals surface area contributed by atoms with E-state index in [2.05, 4.69) is 34.2 Å². The van der Waals surface area contributed by atoms with Crippen molar-refractivity contribution in [2.75, 3.05) is 62.6 Å². The van der Waals surface area contributed by atoms with Crippen molar-refractivity contribution in [1.29, 1.82) is 0 Å². The first kappa shape index (κ1) is 23.9. The Labute approximate surface area is 197 Å². The number of benzene rings is 2. The summed E-state index contributed by atoms with van der Waals surface area (Å²) in [6, 6.07) is 17.1. The normalized spacial score (nSPS) is 20.9. The zero-order valence-corrected chi connectivity index (χ0v) is 20.1. The van der Waals surface area contributed by atoms with E-state index in [0.29, 0.717) is 13.1 Å². The minimum Gasteiger partial charge on any atom is -0.324 e. The van der Waals surface area contributed by atoms with Gasteiger partial charge in [0.15, 0.2) is 9.84 Å². The number of carbonyl (C=O) groups excluding carboxylic acids is 1. The van der Waals surface area contributed by atoms with Gasteiger partial charge in [0.05, 0.1) is 11.5 Å². The van der Waals surface area contributed by atoms with Gasteiger partial charge < -0.3 is 10.2 Å². The van der Waals surface area contributed by atoms with Crippen molar-refractivity contribution in [1.82, 2.24) is 14.7 Å². The van der Waals surface area contributed by atoms with E-state index < -0.39 is 15.9 Å². The van der Waals surface area contributed by atoms with Crippen molar-refractivity contribution in [2.45, 2.75) is 19.5 Å². The van der Waals surface area contributed by atoms with Crippen LogP contribution in [0.2, 0.25) is 0 Å². The Morgan fingerprint density at radius 3 is 2.09 bits per heavy atom. The second-order valence-electron chi connectivity index (χ2n) is 8.90. The third kappa shape index (κ3) is 6.41. The lowest BCUT2D eigenvalue weighted by atomic mass is 10.0. The van der Waals surface area contributed by atoms with Crippen LogP contribution in [-0.4, -0.2) is 86.3 Å². The van der Waals surface area contributed by atoms with Gasteiger partial charge in [0.1, 0.15) is 6.04 Å². The predicted octanol–water partition coefficient (Wildman–Crippen LogP) is 2.23. The number of sulfone groups is 1. The van der Waals surface area contributed by atoms with E-state index in [1.165, 1.54) is 5.56 Å². The number of carbonyl (C=O) groups is 1. The molecule has 1 amide bonds. The molecular formula is C25H34N4O3S. The molecule has 2 aromatic rings. The number of nitrogens with one attached hydrogen (secondary N) is 1. The zero-order valence-electron chi connectivity index (χ0n) is 19.3. The van der Waals surface area contributed by atoms with Crippen LogP contribution < -0.4 is 5.32 Å². The summed E-state index contributed by atoms with van der Waals surface area (Å²) >= 11 is 0. The smallest absolute Gasteiger partial charge is 0.246 e. The monoisotopic (exact) mass is 470 g/mol. The molecule has 2 aromatic carbocycles. The van der Waals surface area contributed by atoms with E-state index >= 15 is 0 Å². The molecule has 2 saturated heterocycles. The quantitative estimate of drug-likeness (QED) is 0.669. The van der Waals surface area contributed by atoms with Gasteiger partial charge >= 0.3 is 0 Å². The number of hydrogen-bond donors (Lipinski definition) is 1. The molecule has 8 heteroatoms. The number of hydrogen-bond acceptors (Lipinski definition) is 6. The van der Waals surface area contributed by atoms with Gasteiger partial charge in [-0.2, -0.15) is 0 Å². The average molecular weight is 471 g/mol. The summed E-state index contributed by atoms with van der Waals surface area (Å²) in [6.45, 7) is 9.34. The first-order chi connectivity index (χ1) is 15.9. The molecule has 178 valence electrons. The van der Waals surface area contributed by atoms with Gasteiger partial charge in [-0.05, 0) is 29.8 Å². The first-order valence-electron chi connectivity index (χ1n) is 11.8. The molecule has 2 aliphatic heterocycles. The fourth-order valence-corrected chi connectivity index (χ4v) is 5.80. The number of nitrogens with zero attached hydrogens (tertiary/aromatic N) is 3. The lowest BCUT2D eigenvalue weighted by Crippen LogP contribution is -2.46. The van der Waals surface area contributed by atoms with Gasteiger partial charge in [-0.15, -0.1) is 0 Å². The molecule has 0 spiro atoms. The van der Waals surface area contributed by atoms with Crippen molar-refractivity contribution in [3.63, 3.8) is 0 Å². The highest BCUT2D eigenvalue weighted by molar-refractivity contribution is 7.91. The summed E-state index contributed by atoms with van der Waals surface area (Å²) in [5.41, 5.74) is 2.86. The van der Waals surface area contributed by atoms with Crippen LogP contribution in [0.15, 0.2) is 54.6 Å². The van der Waals surface area contributed by atoms with Crippen molar-refractivity contribution in [2.24, 2.45) is 0 Å². The second kappa shape index (κ2) is 10.8. The Bertz CT molecular complexity index is 1010. The summed E-state index contributed by atoms with van der Waals surface area (Å²) < 4.78 is 23.8. The Balaban J connectivity index is 1.40. The lowest BCUT2D eigenvalue weighted by Gasteiger charge is -2.34. The zero-order chi connectivity index (χ0) is 23.3. The standard InChI is InChI=1S/C25H34N4O3S/c1-2-27-12-14-28(15-13-27)20-21-8-10-23(11-9-21)26-25(30)24(22-6-4-3-5-7-22)29-16-18-33(31,32)19-17-29/h3-11,24H,2,12-20H2,1H3,(H,26,30). The molecule has 2 aliphatic rings. The van der Waals surface area contributed by atoms with Crippen LogP contribution in [0.25, 0.3) is 0 Å². The summed E-state index contributed by atoms with van der Waals surface area (Å²) in [4.78, 5) is 20.2. The average Bonchev–Trinajstić information content (AvgIpc) is 2.83. The molecule has 33 heavy (non-hydrogen) atoms. The van der Waals surface area contributed by atoms with E-state index in [4.69, 9.17) is 0 Å². The molecule has 0 aliphatic carbocycles. The molecule has 2 heterocycles. The molecule has 2 fully saturated rings. The van der Waals surface area contributed by atoms with E-state index in [1.807, 2.05) is 47.4 Å². The molecule has 0 saturated carbocycles. The number of likely N-dealkylation sites (N-methyl/N-ethyl adjacent to an activating group) is 1. The van der Waals surface area contributed by atoms with Gasteiger partial charge in [0.2, 0.25) is 5.91 Å². The maximum absolute atomic E-state index is 13.3. The van der Waals surface area contributed by atoms with Crippen LogP contribution in [0.4, 0.5) is 5.69 Å². The van der Waals surface area contributed by atoms with E-state index in [0.717, 1.165) is 50.5 Å². The van der Waals surface area contributed by atoms with Crippen LogP contribution >= 0.6 is 0 Å². The maximum Gasteiger partial charge on any atom is 0.246 e. The third-order valence-corrected chi connectivity index (χ3v) is 8.26. The van der Waals surface area contributed by atoms with Crippen LogP contribution in [-0.2, 0) is 21.2 Å². The van der Waals surface area contributed by atoms with Gasteiger partial charge in [-0.25, -0.2) is 8.42 Å². The fourth-order valence-electron chi connectivity index (χ4n) is 4.57. The molecule has 7 nitrogen and oxygen atoms in total. The molecule has 1 unspecified atom stereocenters. The highest BCUT2D eigenvalue weighted by atomic mass is 32.2. The van der Waals surface area contributed by atoms with E-state index in [-0.39, 0.29) is 17.4 Å². The summed E-state index contributed by atoms with van der Waals surface area (Å²) in [5.74, 6) is 0.0410. The van der Waals surface area contributed by atoms with Crippen molar-refractivity contribution < 1.29 is 13.2 Å². The summed E-state index contributed by atoms with van der Waals surface area (Å²) in [7, 11) is -3.02. The van der Waals surface area contributed by atoms with Crippen LogP contribution in [0, 0.1) is 0 Å². The minimum absolute atomic E-state index is 0.0881. The van der Waals surface area contributed by atoms with Gasteiger partial charge in [-0.3, -0.25) is 14.6 Å². The van der Waals surface area contributed by atoms with E-state index in [1.54, 1.807) is 0 Å². The minimum atomic E-state index is -3.02. The SMILES string of the molecule is CCN1CCN(Cc2ccc(NC(=O)C(c3ccccc3)N3CCS(=O)(=O)CC3)cc2)CC1. The van der Waals surface area contributed by atoms with Crippen LogP contribution in [0.3, 0.4) is 0 Å². The maximum atomic E-state index is 13.3. The third-order valence-electron chi connectivity index (χ3n) is 6.65. The topological polar surface area (TPSA) is 73.0 Å². The first-order valence-corrected chi connectivity index (χ1v) is 13.6. The van der Waals surface area contributed by atoms with Crippen molar-refractivity contribution in [3.05, 3.63) is 65.7 Å². The Morgan fingerprint density at radius 2 is 1.48 bits per heavy atom. The Morgan fingerprint density at radius 1 is 0.879 bits per heavy atom. The number of piperazine rings is 1. The van der Waals surface area contributed by atoms with Crippen molar-refractivity contribution >= 4 is 21.4 Å². The summed E-state index contributed by atoms with van der Waals surface area (Å²) in [5, 5.41) is 3.05. The number of anilines is 1. The summed E-state index contributed by atoms with van der Waals surface area (Å²) in [6.07, 6.45) is 0. The number of rotatable bonds is 7. The molecule has 4 rings (SSSR count). The Hall–Kier alpha value is -2.26. The van der Waals surface area contributed by atoms with Gasteiger partial charge in [0.25, 0.3) is 0 Å². The lowest BCUT2D eigenvalue weighted by molar-refractivity contribution is -0.121. The molecule has 1 N–H and O–H groups in total. The van der Waals surface area contributed by atoms with Gasteiger partial charge in [-0.1, -0.05) is 49.4 Å². The molecular weight excluding hydrogens is 436 g/mol. The van der Waals surface area contributed by atoms with E-state index in [9.17, 15) is 13.2 Å². The van der Waals surface area contributed by atoms with Crippen molar-refractivity contribution in [3.8, 4) is 0 Å². The second-order valence-corrected chi connectivity index (χ2v) is 11.2. The van der Waals surface area contributed by atoms with Crippen LogP contribution in [0.5, 0.6) is 0 Å². The van der Waals surface area contributed by atoms with Gasteiger partial charge in [0, 0.05) is 51.5 Å². The Kier molecular flexibility index (Phi) is 7.80. The fraction of sp³-hybridized carbons (Fsp3) is 0.480.